The molecule has 1 aliphatic heterocycles. The predicted octanol–water partition coefficient (Wildman–Crippen LogP) is 2.81. The largest absolute Gasteiger partial charge is 0.477 e. The van der Waals surface area contributed by atoms with Crippen molar-refractivity contribution < 1.29 is 9.47 Å². The Morgan fingerprint density at radius 1 is 1.35 bits per heavy atom. The molecule has 8 heteroatoms. The third-order valence-corrected chi connectivity index (χ3v) is 6.41. The highest BCUT2D eigenvalue weighted by Gasteiger charge is 2.46. The zero-order valence-corrected chi connectivity index (χ0v) is 19.1. The summed E-state index contributed by atoms with van der Waals surface area (Å²) in [5.74, 6) is 1.76. The Morgan fingerprint density at radius 2 is 2.13 bits per heavy atom. The van der Waals surface area contributed by atoms with Gasteiger partial charge in [-0.1, -0.05) is 13.8 Å². The van der Waals surface area contributed by atoms with Crippen molar-refractivity contribution in [2.24, 2.45) is 22.1 Å². The highest BCUT2D eigenvalue weighted by molar-refractivity contribution is 5.82. The van der Waals surface area contributed by atoms with Crippen LogP contribution < -0.4 is 15.4 Å². The van der Waals surface area contributed by atoms with Crippen molar-refractivity contribution in [3.8, 4) is 5.88 Å². The minimum absolute atomic E-state index is 0.189. The van der Waals surface area contributed by atoms with E-state index in [1.807, 2.05) is 13.8 Å². The van der Waals surface area contributed by atoms with Crippen LogP contribution in [0.1, 0.15) is 31.5 Å². The molecule has 2 N–H and O–H groups in total. The van der Waals surface area contributed by atoms with E-state index < -0.39 is 0 Å². The van der Waals surface area contributed by atoms with Gasteiger partial charge < -0.3 is 20.1 Å². The number of pyridine rings is 1. The van der Waals surface area contributed by atoms with Crippen LogP contribution in [0.4, 0.5) is 5.95 Å². The molecule has 2 aliphatic rings. The van der Waals surface area contributed by atoms with Crippen molar-refractivity contribution in [2.75, 3.05) is 38.3 Å². The number of nitrogens with zero attached hydrogens (tertiary/aromatic N) is 5. The van der Waals surface area contributed by atoms with Gasteiger partial charge in [-0.05, 0) is 43.2 Å². The van der Waals surface area contributed by atoms with E-state index in [-0.39, 0.29) is 6.10 Å². The Morgan fingerprint density at radius 3 is 2.81 bits per heavy atom. The molecule has 3 heterocycles. The maximum absolute atomic E-state index is 6.24. The first kappa shape index (κ1) is 21.5. The van der Waals surface area contributed by atoms with Crippen molar-refractivity contribution in [3.63, 3.8) is 0 Å². The fraction of sp³-hybridized carbons (Fsp3) is 0.565. The Bertz CT molecular complexity index is 1030. The summed E-state index contributed by atoms with van der Waals surface area (Å²) in [6.07, 6.45) is 4.26. The SMILES string of the molecule is CN=CC(=CN)[C@H]1CN(c2nc(OC[C@H]3CC3(C)C)c3cc(C)c(C)nc3n2)CCO1. The summed E-state index contributed by atoms with van der Waals surface area (Å²) in [5.41, 5.74) is 9.69. The zero-order valence-electron chi connectivity index (χ0n) is 19.1. The van der Waals surface area contributed by atoms with Gasteiger partial charge in [0, 0.05) is 37.3 Å². The van der Waals surface area contributed by atoms with Crippen LogP contribution >= 0.6 is 0 Å². The van der Waals surface area contributed by atoms with E-state index in [2.05, 4.69) is 29.8 Å². The minimum atomic E-state index is -0.189. The molecule has 166 valence electrons. The summed E-state index contributed by atoms with van der Waals surface area (Å²) in [6, 6.07) is 2.07. The average molecular weight is 425 g/mol. The molecule has 0 amide bonds. The topological polar surface area (TPSA) is 98.8 Å². The van der Waals surface area contributed by atoms with Crippen LogP contribution in [0.2, 0.25) is 0 Å². The highest BCUT2D eigenvalue weighted by Crippen LogP contribution is 2.51. The molecule has 0 aromatic carbocycles. The second-order valence-electron chi connectivity index (χ2n) is 9.15. The van der Waals surface area contributed by atoms with E-state index in [1.54, 1.807) is 19.5 Å². The maximum Gasteiger partial charge on any atom is 0.230 e. The summed E-state index contributed by atoms with van der Waals surface area (Å²) in [7, 11) is 1.72. The summed E-state index contributed by atoms with van der Waals surface area (Å²) in [4.78, 5) is 20.5. The van der Waals surface area contributed by atoms with Gasteiger partial charge in [0.2, 0.25) is 11.8 Å². The molecule has 1 saturated heterocycles. The van der Waals surface area contributed by atoms with Gasteiger partial charge in [0.25, 0.3) is 0 Å². The fourth-order valence-corrected chi connectivity index (χ4v) is 3.91. The molecule has 2 aromatic heterocycles. The number of hydrogen-bond donors (Lipinski definition) is 1. The maximum atomic E-state index is 6.24. The Balaban J connectivity index is 1.66. The molecule has 0 spiro atoms. The minimum Gasteiger partial charge on any atom is -0.477 e. The van der Waals surface area contributed by atoms with Crippen molar-refractivity contribution in [1.82, 2.24) is 15.0 Å². The van der Waals surface area contributed by atoms with Gasteiger partial charge in [-0.3, -0.25) is 4.99 Å². The van der Waals surface area contributed by atoms with Crippen LogP contribution in [-0.4, -0.2) is 60.6 Å². The van der Waals surface area contributed by atoms with Crippen molar-refractivity contribution in [3.05, 3.63) is 29.1 Å². The number of hydrogen-bond acceptors (Lipinski definition) is 8. The molecule has 4 rings (SSSR count). The lowest BCUT2D eigenvalue weighted by Crippen LogP contribution is -2.44. The van der Waals surface area contributed by atoms with Crippen LogP contribution in [0, 0.1) is 25.2 Å². The van der Waals surface area contributed by atoms with Crippen LogP contribution in [-0.2, 0) is 4.74 Å². The first-order valence-electron chi connectivity index (χ1n) is 10.8. The standard InChI is InChI=1S/C23H32N6O2/c1-14-8-18-20(26-15(14)2)27-22(28-21(18)31-13-17-9-23(17,3)4)29-6-7-30-19(12-29)16(10-24)11-25-5/h8,10-11,17,19H,6-7,9,12-13,24H2,1-5H3/t17-,19-/m1/s1. The number of anilines is 1. The van der Waals surface area contributed by atoms with Gasteiger partial charge in [0.05, 0.1) is 25.1 Å². The highest BCUT2D eigenvalue weighted by atomic mass is 16.5. The number of aliphatic imine (C=N–C) groups is 1. The second-order valence-corrected chi connectivity index (χ2v) is 9.15. The molecule has 1 aliphatic carbocycles. The monoisotopic (exact) mass is 424 g/mol. The average Bonchev–Trinajstić information content (AvgIpc) is 3.37. The summed E-state index contributed by atoms with van der Waals surface area (Å²) in [6.45, 7) is 11.1. The van der Waals surface area contributed by atoms with Gasteiger partial charge in [0.15, 0.2) is 5.65 Å². The van der Waals surface area contributed by atoms with Crippen LogP contribution in [0.5, 0.6) is 5.88 Å². The lowest BCUT2D eigenvalue weighted by atomic mass is 10.1. The number of morpholine rings is 1. The molecular formula is C23H32N6O2. The lowest BCUT2D eigenvalue weighted by Gasteiger charge is -2.33. The zero-order chi connectivity index (χ0) is 22.2. The van der Waals surface area contributed by atoms with Gasteiger partial charge in [-0.15, -0.1) is 0 Å². The number of ether oxygens (including phenoxy) is 2. The van der Waals surface area contributed by atoms with Gasteiger partial charge in [0.1, 0.15) is 6.10 Å². The summed E-state index contributed by atoms with van der Waals surface area (Å²) >= 11 is 0. The Kier molecular flexibility index (Phi) is 5.83. The van der Waals surface area contributed by atoms with Crippen molar-refractivity contribution >= 4 is 23.2 Å². The molecule has 1 saturated carbocycles. The molecule has 0 radical (unpaired) electrons. The van der Waals surface area contributed by atoms with E-state index in [1.165, 1.54) is 6.42 Å². The van der Waals surface area contributed by atoms with E-state index in [0.717, 1.165) is 22.2 Å². The molecule has 0 unspecified atom stereocenters. The number of nitrogens with two attached hydrogens (primary N) is 1. The number of rotatable bonds is 6. The van der Waals surface area contributed by atoms with Crippen LogP contribution in [0.15, 0.2) is 22.8 Å². The van der Waals surface area contributed by atoms with Crippen LogP contribution in [0.3, 0.4) is 0 Å². The van der Waals surface area contributed by atoms with E-state index in [0.29, 0.717) is 55.1 Å². The Labute approximate surface area is 183 Å². The number of aromatic nitrogens is 3. The smallest absolute Gasteiger partial charge is 0.230 e. The fourth-order valence-electron chi connectivity index (χ4n) is 3.91. The molecule has 31 heavy (non-hydrogen) atoms. The molecular weight excluding hydrogens is 392 g/mol. The van der Waals surface area contributed by atoms with Gasteiger partial charge in [-0.25, -0.2) is 4.98 Å². The molecule has 0 bridgehead atoms. The predicted molar refractivity (Wildman–Crippen MR) is 123 cm³/mol. The first-order valence-corrected chi connectivity index (χ1v) is 10.8. The van der Waals surface area contributed by atoms with E-state index in [9.17, 15) is 0 Å². The van der Waals surface area contributed by atoms with E-state index >= 15 is 0 Å². The normalized spacial score (nSPS) is 23.5. The summed E-state index contributed by atoms with van der Waals surface area (Å²) < 4.78 is 12.2. The molecule has 2 atom stereocenters. The Hall–Kier alpha value is -2.74. The lowest BCUT2D eigenvalue weighted by molar-refractivity contribution is 0.0673. The molecule has 8 nitrogen and oxygen atoms in total. The van der Waals surface area contributed by atoms with E-state index in [4.69, 9.17) is 30.2 Å². The van der Waals surface area contributed by atoms with Gasteiger partial charge >= 0.3 is 0 Å². The van der Waals surface area contributed by atoms with Gasteiger partial charge in [-0.2, -0.15) is 9.97 Å². The number of fused-ring (bicyclic) bond motifs is 1. The summed E-state index contributed by atoms with van der Waals surface area (Å²) in [5, 5.41) is 0.857. The first-order chi connectivity index (χ1) is 14.8. The quantitative estimate of drug-likeness (QED) is 0.712. The van der Waals surface area contributed by atoms with Crippen molar-refractivity contribution in [1.29, 1.82) is 0 Å². The molecule has 2 aromatic rings. The molecule has 2 fully saturated rings. The van der Waals surface area contributed by atoms with Crippen LogP contribution in [0.25, 0.3) is 11.0 Å². The number of aryl methyl sites for hydroxylation is 2. The van der Waals surface area contributed by atoms with Crippen molar-refractivity contribution in [2.45, 2.75) is 40.2 Å². The third-order valence-electron chi connectivity index (χ3n) is 6.41. The second kappa shape index (κ2) is 8.42. The third kappa shape index (κ3) is 4.49.